The summed E-state index contributed by atoms with van der Waals surface area (Å²) in [7, 11) is 0. The molecule has 13 heavy (non-hydrogen) atoms. The van der Waals surface area contributed by atoms with Crippen molar-refractivity contribution in [2.45, 2.75) is 11.2 Å². The van der Waals surface area contributed by atoms with Gasteiger partial charge in [0.1, 0.15) is 11.6 Å². The second-order valence-electron chi connectivity index (χ2n) is 2.90. The number of halogens is 3. The van der Waals surface area contributed by atoms with Crippen LogP contribution in [0.25, 0.3) is 0 Å². The number of alkyl halides is 1. The van der Waals surface area contributed by atoms with Gasteiger partial charge in [-0.05, 0) is 18.6 Å². The number of ether oxygens (including phenoxy) is 1. The summed E-state index contributed by atoms with van der Waals surface area (Å²) in [4.78, 5) is 0.0735. The Bertz CT molecular complexity index is 341. The molecule has 1 aliphatic rings. The zero-order valence-corrected chi connectivity index (χ0v) is 9.86. The lowest BCUT2D eigenvalue weighted by atomic mass is 10.1. The summed E-state index contributed by atoms with van der Waals surface area (Å²) >= 11 is 6.65. The Labute approximate surface area is 92.5 Å². The van der Waals surface area contributed by atoms with Gasteiger partial charge in [-0.3, -0.25) is 0 Å². The molecule has 0 fully saturated rings. The molecule has 0 bridgehead atoms. The molecule has 70 valence electrons. The minimum absolute atomic E-state index is 0.0735. The number of fused-ring (bicyclic) bond motifs is 1. The predicted octanol–water partition coefficient (Wildman–Crippen LogP) is 3.81. The van der Waals surface area contributed by atoms with Gasteiger partial charge < -0.3 is 4.74 Å². The van der Waals surface area contributed by atoms with E-state index < -0.39 is 0 Å². The highest BCUT2D eigenvalue weighted by Gasteiger charge is 2.23. The highest BCUT2D eigenvalue weighted by Crippen LogP contribution is 2.40. The maximum Gasteiger partial charge on any atom is 0.132 e. The zero-order chi connectivity index (χ0) is 9.42. The lowest BCUT2D eigenvalue weighted by Crippen LogP contribution is -2.12. The smallest absolute Gasteiger partial charge is 0.132 e. The quantitative estimate of drug-likeness (QED) is 0.662. The van der Waals surface area contributed by atoms with Crippen molar-refractivity contribution in [2.24, 2.45) is 0 Å². The first-order chi connectivity index (χ1) is 6.18. The van der Waals surface area contributed by atoms with Gasteiger partial charge in [-0.2, -0.15) is 0 Å². The molecule has 0 amide bonds. The van der Waals surface area contributed by atoms with Gasteiger partial charge in [0.15, 0.2) is 0 Å². The average Bonchev–Trinajstić information content (AvgIpc) is 2.02. The van der Waals surface area contributed by atoms with Crippen molar-refractivity contribution in [3.8, 4) is 5.75 Å². The van der Waals surface area contributed by atoms with Gasteiger partial charge in [0, 0.05) is 14.9 Å². The lowest BCUT2D eigenvalue weighted by molar-refractivity contribution is 0.283. The van der Waals surface area contributed by atoms with E-state index in [1.165, 1.54) is 6.07 Å². The monoisotopic (exact) mass is 308 g/mol. The fraction of sp³-hybridized carbons (Fsp3) is 0.333. The molecule has 1 aliphatic heterocycles. The van der Waals surface area contributed by atoms with Crippen molar-refractivity contribution >= 4 is 31.9 Å². The molecule has 0 aliphatic carbocycles. The summed E-state index contributed by atoms with van der Waals surface area (Å²) in [5.74, 6) is 0.422. The van der Waals surface area contributed by atoms with Gasteiger partial charge >= 0.3 is 0 Å². The largest absolute Gasteiger partial charge is 0.493 e. The molecule has 0 N–H and O–H groups in total. The standard InChI is InChI=1S/C9H7Br2FO/c10-5-3-7(12)9-6(11)1-2-13-8(9)4-5/h3-4,6H,1-2H2. The minimum Gasteiger partial charge on any atom is -0.493 e. The van der Waals surface area contributed by atoms with E-state index in [1.54, 1.807) is 6.07 Å². The predicted molar refractivity (Wildman–Crippen MR) is 55.9 cm³/mol. The number of hydrogen-bond acceptors (Lipinski definition) is 1. The highest BCUT2D eigenvalue weighted by atomic mass is 79.9. The van der Waals surface area contributed by atoms with Crippen LogP contribution >= 0.6 is 31.9 Å². The molecule has 0 radical (unpaired) electrons. The Kier molecular flexibility index (Phi) is 2.60. The molecule has 0 aromatic heterocycles. The van der Waals surface area contributed by atoms with Crippen LogP contribution in [0, 0.1) is 5.82 Å². The van der Waals surface area contributed by atoms with Crippen LogP contribution in [0.1, 0.15) is 16.8 Å². The van der Waals surface area contributed by atoms with Gasteiger partial charge in [-0.1, -0.05) is 31.9 Å². The van der Waals surface area contributed by atoms with Crippen LogP contribution in [0.5, 0.6) is 5.75 Å². The van der Waals surface area contributed by atoms with Gasteiger partial charge in [0.05, 0.1) is 6.61 Å². The molecule has 0 spiro atoms. The number of rotatable bonds is 0. The maximum atomic E-state index is 13.4. The molecule has 1 nitrogen and oxygen atoms in total. The van der Waals surface area contributed by atoms with Crippen LogP contribution in [0.2, 0.25) is 0 Å². The molecule has 0 saturated heterocycles. The fourth-order valence-corrected chi connectivity index (χ4v) is 2.44. The van der Waals surface area contributed by atoms with Crippen LogP contribution in [-0.2, 0) is 0 Å². The Balaban J connectivity index is 2.56. The fourth-order valence-electron chi connectivity index (χ4n) is 1.40. The lowest BCUT2D eigenvalue weighted by Gasteiger charge is -2.22. The normalized spacial score (nSPS) is 20.7. The SMILES string of the molecule is Fc1cc(Br)cc2c1C(Br)CCO2. The Morgan fingerprint density at radius 3 is 3.00 bits per heavy atom. The Morgan fingerprint density at radius 2 is 2.23 bits per heavy atom. The first-order valence-electron chi connectivity index (χ1n) is 3.94. The molecule has 1 heterocycles. The van der Waals surface area contributed by atoms with Crippen LogP contribution in [0.3, 0.4) is 0 Å². The molecular weight excluding hydrogens is 303 g/mol. The van der Waals surface area contributed by atoms with Gasteiger partial charge in [-0.25, -0.2) is 4.39 Å². The van der Waals surface area contributed by atoms with Crippen molar-refractivity contribution in [3.63, 3.8) is 0 Å². The molecule has 2 rings (SSSR count). The van der Waals surface area contributed by atoms with Crippen LogP contribution in [0.15, 0.2) is 16.6 Å². The minimum atomic E-state index is -0.217. The third-order valence-electron chi connectivity index (χ3n) is 2.00. The summed E-state index contributed by atoms with van der Waals surface area (Å²) in [6.45, 7) is 0.638. The van der Waals surface area contributed by atoms with Crippen molar-refractivity contribution < 1.29 is 9.13 Å². The highest BCUT2D eigenvalue weighted by molar-refractivity contribution is 9.10. The Hall–Kier alpha value is -0.0900. The summed E-state index contributed by atoms with van der Waals surface area (Å²) in [5, 5.41) is 0. The second-order valence-corrected chi connectivity index (χ2v) is 4.93. The van der Waals surface area contributed by atoms with Crippen LogP contribution in [-0.4, -0.2) is 6.61 Å². The van der Waals surface area contributed by atoms with Crippen molar-refractivity contribution in [1.82, 2.24) is 0 Å². The van der Waals surface area contributed by atoms with Crippen molar-refractivity contribution in [3.05, 3.63) is 28.0 Å². The zero-order valence-electron chi connectivity index (χ0n) is 6.69. The van der Waals surface area contributed by atoms with E-state index in [-0.39, 0.29) is 10.6 Å². The first-order valence-corrected chi connectivity index (χ1v) is 5.65. The van der Waals surface area contributed by atoms with Gasteiger partial charge in [-0.15, -0.1) is 0 Å². The van der Waals surface area contributed by atoms with E-state index in [2.05, 4.69) is 31.9 Å². The van der Waals surface area contributed by atoms with E-state index in [0.717, 1.165) is 6.42 Å². The molecule has 0 saturated carbocycles. The second kappa shape index (κ2) is 3.58. The molecule has 1 aromatic rings. The molecule has 4 heteroatoms. The van der Waals surface area contributed by atoms with E-state index in [4.69, 9.17) is 4.74 Å². The maximum absolute atomic E-state index is 13.4. The number of benzene rings is 1. The van der Waals surface area contributed by atoms with Crippen molar-refractivity contribution in [1.29, 1.82) is 0 Å². The third kappa shape index (κ3) is 1.74. The molecule has 1 unspecified atom stereocenters. The summed E-state index contributed by atoms with van der Waals surface area (Å²) in [6, 6.07) is 3.26. The van der Waals surface area contributed by atoms with Crippen LogP contribution < -0.4 is 4.74 Å². The van der Waals surface area contributed by atoms with E-state index in [1.807, 2.05) is 0 Å². The van der Waals surface area contributed by atoms with E-state index in [9.17, 15) is 4.39 Å². The van der Waals surface area contributed by atoms with Crippen molar-refractivity contribution in [2.75, 3.05) is 6.61 Å². The first kappa shape index (κ1) is 9.46. The average molecular weight is 310 g/mol. The molecule has 1 aromatic carbocycles. The molecular formula is C9H7Br2FO. The van der Waals surface area contributed by atoms with E-state index >= 15 is 0 Å². The number of hydrogen-bond donors (Lipinski definition) is 0. The van der Waals surface area contributed by atoms with Crippen LogP contribution in [0.4, 0.5) is 4.39 Å². The summed E-state index contributed by atoms with van der Waals surface area (Å²) in [5.41, 5.74) is 0.634. The third-order valence-corrected chi connectivity index (χ3v) is 3.37. The van der Waals surface area contributed by atoms with Gasteiger partial charge in [0.2, 0.25) is 0 Å². The topological polar surface area (TPSA) is 9.23 Å². The van der Waals surface area contributed by atoms with Gasteiger partial charge in [0.25, 0.3) is 0 Å². The summed E-state index contributed by atoms with van der Waals surface area (Å²) < 4.78 is 19.5. The summed E-state index contributed by atoms with van der Waals surface area (Å²) in [6.07, 6.45) is 0.811. The van der Waals surface area contributed by atoms with E-state index in [0.29, 0.717) is 22.4 Å². The molecule has 1 atom stereocenters. The Morgan fingerprint density at radius 1 is 1.46 bits per heavy atom.